The quantitative estimate of drug-likeness (QED) is 0.805. The van der Waals surface area contributed by atoms with E-state index in [9.17, 15) is 18.0 Å². The fraction of sp³-hybridized carbons (Fsp3) is 0.222. The van der Waals surface area contributed by atoms with Gasteiger partial charge in [-0.3, -0.25) is 9.59 Å². The summed E-state index contributed by atoms with van der Waals surface area (Å²) in [6, 6.07) is 14.7. The van der Waals surface area contributed by atoms with Crippen LogP contribution in [0.4, 0.5) is 11.4 Å². The number of hydrogen-bond donors (Lipinski definition) is 2. The molecule has 0 aliphatic carbocycles. The lowest BCUT2D eigenvalue weighted by Gasteiger charge is -2.20. The van der Waals surface area contributed by atoms with Crippen LogP contribution >= 0.6 is 0 Å². The molecule has 1 unspecified atom stereocenters. The molecule has 0 radical (unpaired) electrons. The summed E-state index contributed by atoms with van der Waals surface area (Å²) in [6.07, 6.45) is 0.975. The largest absolute Gasteiger partial charge is 0.324 e. The van der Waals surface area contributed by atoms with Crippen LogP contribution in [-0.4, -0.2) is 39.6 Å². The van der Waals surface area contributed by atoms with Gasteiger partial charge in [-0.1, -0.05) is 30.3 Å². The third-order valence-electron chi connectivity index (χ3n) is 3.65. The second-order valence-electron chi connectivity index (χ2n) is 5.85. The van der Waals surface area contributed by atoms with E-state index in [0.717, 1.165) is 6.26 Å². The van der Waals surface area contributed by atoms with E-state index >= 15 is 0 Å². The predicted molar refractivity (Wildman–Crippen MR) is 102 cm³/mol. The third kappa shape index (κ3) is 5.14. The summed E-state index contributed by atoms with van der Waals surface area (Å²) in [5.74, 6) is -0.853. The number of rotatable bonds is 6. The molecule has 8 heteroatoms. The molecule has 0 aliphatic heterocycles. The highest BCUT2D eigenvalue weighted by Crippen LogP contribution is 2.21. The van der Waals surface area contributed by atoms with Crippen LogP contribution in [0, 0.1) is 0 Å². The maximum Gasteiger partial charge on any atom is 0.260 e. The Morgan fingerprint density at radius 1 is 1.00 bits per heavy atom. The molecule has 2 aromatic rings. The van der Waals surface area contributed by atoms with Gasteiger partial charge < -0.3 is 10.2 Å². The molecule has 7 nitrogen and oxygen atoms in total. The summed E-state index contributed by atoms with van der Waals surface area (Å²) in [5, 5.41) is 2.61. The molecular formula is C18H21N3O4S. The van der Waals surface area contributed by atoms with Crippen LogP contribution < -0.4 is 14.9 Å². The van der Waals surface area contributed by atoms with Crippen LogP contribution in [0.15, 0.2) is 54.6 Å². The lowest BCUT2D eigenvalue weighted by molar-refractivity contribution is -0.117. The molecule has 1 atom stereocenters. The zero-order valence-corrected chi connectivity index (χ0v) is 15.6. The van der Waals surface area contributed by atoms with Gasteiger partial charge in [-0.25, -0.2) is 13.1 Å². The minimum absolute atomic E-state index is 0.296. The second-order valence-corrected chi connectivity index (χ2v) is 7.63. The van der Waals surface area contributed by atoms with Gasteiger partial charge in [0.1, 0.15) is 0 Å². The highest BCUT2D eigenvalue weighted by atomic mass is 32.2. The van der Waals surface area contributed by atoms with Crippen LogP contribution in [0.25, 0.3) is 0 Å². The standard InChI is InChI=1S/C18H21N3O4S/c1-13(20-26(3,24)25)17(22)19-16-12-8-7-11-15(16)18(23)21(2)14-9-5-4-6-10-14/h4-13,20H,1-3H3,(H,19,22). The van der Waals surface area contributed by atoms with Crippen molar-refractivity contribution in [3.8, 4) is 0 Å². The lowest BCUT2D eigenvalue weighted by Crippen LogP contribution is -2.41. The zero-order valence-electron chi connectivity index (χ0n) is 14.8. The van der Waals surface area contributed by atoms with Crippen molar-refractivity contribution < 1.29 is 18.0 Å². The fourth-order valence-corrected chi connectivity index (χ4v) is 3.09. The van der Waals surface area contributed by atoms with Crippen molar-refractivity contribution in [1.29, 1.82) is 0 Å². The van der Waals surface area contributed by atoms with Crippen LogP contribution in [0.5, 0.6) is 0 Å². The molecule has 2 N–H and O–H groups in total. The average molecular weight is 375 g/mol. The van der Waals surface area contributed by atoms with Crippen molar-refractivity contribution in [3.05, 3.63) is 60.2 Å². The molecule has 0 aromatic heterocycles. The Bertz CT molecular complexity index is 898. The first-order valence-corrected chi connectivity index (χ1v) is 9.78. The van der Waals surface area contributed by atoms with Crippen molar-refractivity contribution >= 4 is 33.2 Å². The summed E-state index contributed by atoms with van der Waals surface area (Å²) in [4.78, 5) is 26.5. The number of nitrogens with one attached hydrogen (secondary N) is 2. The maximum atomic E-state index is 12.8. The van der Waals surface area contributed by atoms with Gasteiger partial charge in [0.25, 0.3) is 5.91 Å². The Balaban J connectivity index is 2.22. The number of anilines is 2. The van der Waals surface area contributed by atoms with Gasteiger partial charge in [0.15, 0.2) is 0 Å². The molecule has 0 bridgehead atoms. The molecular weight excluding hydrogens is 354 g/mol. The highest BCUT2D eigenvalue weighted by Gasteiger charge is 2.21. The van der Waals surface area contributed by atoms with Gasteiger partial charge in [0.2, 0.25) is 15.9 Å². The number of sulfonamides is 1. The van der Waals surface area contributed by atoms with Crippen molar-refractivity contribution in [1.82, 2.24) is 4.72 Å². The van der Waals surface area contributed by atoms with E-state index in [0.29, 0.717) is 16.9 Å². The summed E-state index contributed by atoms with van der Waals surface area (Å²) < 4.78 is 24.7. The molecule has 0 spiro atoms. The molecule has 2 rings (SSSR count). The average Bonchev–Trinajstić information content (AvgIpc) is 2.60. The van der Waals surface area contributed by atoms with E-state index in [4.69, 9.17) is 0 Å². The SMILES string of the molecule is CC(NS(C)(=O)=O)C(=O)Nc1ccccc1C(=O)N(C)c1ccccc1. The molecule has 2 aromatic carbocycles. The summed E-state index contributed by atoms with van der Waals surface area (Å²) in [6.45, 7) is 1.43. The van der Waals surface area contributed by atoms with Gasteiger partial charge >= 0.3 is 0 Å². The molecule has 0 aliphatic rings. The summed E-state index contributed by atoms with van der Waals surface area (Å²) >= 11 is 0. The van der Waals surface area contributed by atoms with E-state index in [2.05, 4.69) is 10.0 Å². The van der Waals surface area contributed by atoms with Gasteiger partial charge in [-0.15, -0.1) is 0 Å². The molecule has 0 heterocycles. The molecule has 138 valence electrons. The number of amides is 2. The van der Waals surface area contributed by atoms with Crippen LogP contribution in [0.3, 0.4) is 0 Å². The topological polar surface area (TPSA) is 95.6 Å². The molecule has 2 amide bonds. The zero-order chi connectivity index (χ0) is 19.3. The van der Waals surface area contributed by atoms with E-state index in [1.807, 2.05) is 18.2 Å². The summed E-state index contributed by atoms with van der Waals surface area (Å²) in [7, 11) is -1.88. The van der Waals surface area contributed by atoms with Crippen molar-refractivity contribution in [2.24, 2.45) is 0 Å². The third-order valence-corrected chi connectivity index (χ3v) is 4.43. The van der Waals surface area contributed by atoms with E-state index in [-0.39, 0.29) is 5.91 Å². The number of hydrogen-bond acceptors (Lipinski definition) is 4. The Labute approximate surface area is 153 Å². The number of carbonyl (C=O) groups is 2. The second kappa shape index (κ2) is 8.11. The molecule has 0 saturated heterocycles. The highest BCUT2D eigenvalue weighted by molar-refractivity contribution is 7.88. The molecule has 0 saturated carbocycles. The Morgan fingerprint density at radius 3 is 2.19 bits per heavy atom. The monoisotopic (exact) mass is 375 g/mol. The predicted octanol–water partition coefficient (Wildman–Crippen LogP) is 1.84. The maximum absolute atomic E-state index is 12.8. The van der Waals surface area contributed by atoms with Crippen molar-refractivity contribution in [2.75, 3.05) is 23.5 Å². The summed E-state index contributed by atoms with van der Waals surface area (Å²) in [5.41, 5.74) is 1.33. The first-order valence-electron chi connectivity index (χ1n) is 7.89. The first kappa shape index (κ1) is 19.6. The van der Waals surface area contributed by atoms with Crippen LogP contribution in [-0.2, 0) is 14.8 Å². The van der Waals surface area contributed by atoms with Crippen molar-refractivity contribution in [2.45, 2.75) is 13.0 Å². The minimum Gasteiger partial charge on any atom is -0.324 e. The van der Waals surface area contributed by atoms with E-state index in [1.54, 1.807) is 43.4 Å². The number of para-hydroxylation sites is 2. The number of carbonyl (C=O) groups excluding carboxylic acids is 2. The van der Waals surface area contributed by atoms with Crippen LogP contribution in [0.1, 0.15) is 17.3 Å². The van der Waals surface area contributed by atoms with Gasteiger partial charge in [-0.2, -0.15) is 0 Å². The van der Waals surface area contributed by atoms with Gasteiger partial charge in [0.05, 0.1) is 23.5 Å². The van der Waals surface area contributed by atoms with Gasteiger partial charge in [0, 0.05) is 12.7 Å². The van der Waals surface area contributed by atoms with Crippen LogP contribution in [0.2, 0.25) is 0 Å². The Morgan fingerprint density at radius 2 is 1.58 bits per heavy atom. The molecule has 26 heavy (non-hydrogen) atoms. The molecule has 0 fully saturated rings. The minimum atomic E-state index is -3.52. The number of nitrogens with zero attached hydrogens (tertiary/aromatic N) is 1. The lowest BCUT2D eigenvalue weighted by atomic mass is 10.1. The normalized spacial score (nSPS) is 12.3. The van der Waals surface area contributed by atoms with Gasteiger partial charge in [-0.05, 0) is 31.2 Å². The van der Waals surface area contributed by atoms with E-state index in [1.165, 1.54) is 11.8 Å². The first-order chi connectivity index (χ1) is 12.2. The van der Waals surface area contributed by atoms with E-state index < -0.39 is 22.0 Å². The smallest absolute Gasteiger partial charge is 0.260 e. The number of benzene rings is 2. The fourth-order valence-electron chi connectivity index (χ4n) is 2.34. The Kier molecular flexibility index (Phi) is 6.12. The Hall–Kier alpha value is -2.71. The van der Waals surface area contributed by atoms with Crippen molar-refractivity contribution in [3.63, 3.8) is 0 Å².